The maximum Gasteiger partial charge on any atom is 0.124 e. The molecule has 0 fully saturated rings. The minimum atomic E-state index is 0.957. The summed E-state index contributed by atoms with van der Waals surface area (Å²) in [4.78, 5) is 10.2. The molecule has 2 heterocycles. The molecule has 2 nitrogen and oxygen atoms in total. The van der Waals surface area contributed by atoms with E-state index in [0.29, 0.717) is 0 Å². The second kappa shape index (κ2) is 5.26. The number of benzene rings is 1. The molecule has 0 saturated heterocycles. The summed E-state index contributed by atoms with van der Waals surface area (Å²) >= 11 is 1.80. The molecule has 2 aromatic heterocycles. The number of pyridine rings is 1. The molecule has 1 aliphatic rings. The lowest BCUT2D eigenvalue weighted by molar-refractivity contribution is 1.17. The van der Waals surface area contributed by atoms with Gasteiger partial charge in [-0.05, 0) is 29.7 Å². The van der Waals surface area contributed by atoms with Gasteiger partial charge in [-0.2, -0.15) is 0 Å². The standard InChI is InChI=1S/C18H14N2S/c1-2-4-13(5-3-1)12-15-6-7-16-17(15)21-18(20-16)14-8-10-19-11-9-14/h1-6,8-11H,7,12H2. The van der Waals surface area contributed by atoms with Crippen LogP contribution >= 0.6 is 11.3 Å². The number of hydrogen-bond acceptors (Lipinski definition) is 3. The zero-order valence-corrected chi connectivity index (χ0v) is 12.3. The Morgan fingerprint density at radius 3 is 2.62 bits per heavy atom. The molecule has 21 heavy (non-hydrogen) atoms. The van der Waals surface area contributed by atoms with Crippen molar-refractivity contribution < 1.29 is 0 Å². The van der Waals surface area contributed by atoms with Crippen molar-refractivity contribution >= 4 is 16.9 Å². The Morgan fingerprint density at radius 1 is 1.00 bits per heavy atom. The lowest BCUT2D eigenvalue weighted by atomic mass is 10.1. The van der Waals surface area contributed by atoms with Gasteiger partial charge in [0.1, 0.15) is 5.01 Å². The minimum Gasteiger partial charge on any atom is -0.265 e. The Balaban J connectivity index is 1.64. The van der Waals surface area contributed by atoms with Crippen molar-refractivity contribution in [1.82, 2.24) is 9.97 Å². The van der Waals surface area contributed by atoms with Crippen molar-refractivity contribution in [2.24, 2.45) is 0 Å². The van der Waals surface area contributed by atoms with Gasteiger partial charge in [-0.15, -0.1) is 11.3 Å². The minimum absolute atomic E-state index is 0.957. The van der Waals surface area contributed by atoms with Gasteiger partial charge in [0.15, 0.2) is 0 Å². The van der Waals surface area contributed by atoms with Gasteiger partial charge in [-0.25, -0.2) is 4.98 Å². The van der Waals surface area contributed by atoms with Crippen molar-refractivity contribution in [3.63, 3.8) is 0 Å². The molecule has 0 spiro atoms. The van der Waals surface area contributed by atoms with E-state index in [0.717, 1.165) is 23.4 Å². The van der Waals surface area contributed by atoms with Crippen LogP contribution in [0.4, 0.5) is 0 Å². The van der Waals surface area contributed by atoms with Gasteiger partial charge in [0, 0.05) is 24.4 Å². The first kappa shape index (κ1) is 12.5. The van der Waals surface area contributed by atoms with E-state index in [9.17, 15) is 0 Å². The van der Waals surface area contributed by atoms with Gasteiger partial charge in [0.05, 0.1) is 10.6 Å². The third-order valence-electron chi connectivity index (χ3n) is 3.70. The maximum atomic E-state index is 4.79. The number of hydrogen-bond donors (Lipinski definition) is 0. The summed E-state index contributed by atoms with van der Waals surface area (Å²) in [6.45, 7) is 0. The zero-order chi connectivity index (χ0) is 14.1. The fourth-order valence-electron chi connectivity index (χ4n) is 2.64. The highest BCUT2D eigenvalue weighted by Crippen LogP contribution is 2.38. The van der Waals surface area contributed by atoms with Gasteiger partial charge in [0.25, 0.3) is 0 Å². The monoisotopic (exact) mass is 290 g/mol. The van der Waals surface area contributed by atoms with Gasteiger partial charge < -0.3 is 0 Å². The molecular formula is C18H14N2S. The first-order valence-corrected chi connectivity index (χ1v) is 7.85. The van der Waals surface area contributed by atoms with Gasteiger partial charge >= 0.3 is 0 Å². The number of rotatable bonds is 3. The lowest BCUT2D eigenvalue weighted by Gasteiger charge is -2.02. The predicted octanol–water partition coefficient (Wildman–Crippen LogP) is 4.39. The van der Waals surface area contributed by atoms with Gasteiger partial charge in [-0.1, -0.05) is 36.4 Å². The number of aromatic nitrogens is 2. The van der Waals surface area contributed by atoms with Crippen LogP contribution in [-0.2, 0) is 12.8 Å². The van der Waals surface area contributed by atoms with Crippen LogP contribution in [0.15, 0.2) is 60.9 Å². The largest absolute Gasteiger partial charge is 0.265 e. The Labute approximate surface area is 127 Å². The molecular weight excluding hydrogens is 276 g/mol. The average Bonchev–Trinajstić information content (AvgIpc) is 3.11. The Hall–Kier alpha value is -2.26. The third kappa shape index (κ3) is 2.41. The molecule has 3 heteroatoms. The summed E-state index contributed by atoms with van der Waals surface area (Å²) in [5.41, 5.74) is 5.14. The second-order valence-electron chi connectivity index (χ2n) is 5.13. The summed E-state index contributed by atoms with van der Waals surface area (Å²) in [5, 5.41) is 1.10. The van der Waals surface area contributed by atoms with Crippen LogP contribution in [0.5, 0.6) is 0 Å². The number of thiazole rings is 1. The van der Waals surface area contributed by atoms with E-state index in [-0.39, 0.29) is 0 Å². The highest BCUT2D eigenvalue weighted by Gasteiger charge is 2.20. The van der Waals surface area contributed by atoms with Crippen LogP contribution in [0.3, 0.4) is 0 Å². The smallest absolute Gasteiger partial charge is 0.124 e. The van der Waals surface area contributed by atoms with E-state index < -0.39 is 0 Å². The third-order valence-corrected chi connectivity index (χ3v) is 4.92. The van der Waals surface area contributed by atoms with E-state index in [1.165, 1.54) is 21.7 Å². The van der Waals surface area contributed by atoms with E-state index in [4.69, 9.17) is 4.98 Å². The lowest BCUT2D eigenvalue weighted by Crippen LogP contribution is -1.86. The Bertz CT molecular complexity index is 789. The highest BCUT2D eigenvalue weighted by atomic mass is 32.1. The first-order valence-electron chi connectivity index (χ1n) is 7.03. The van der Waals surface area contributed by atoms with Crippen LogP contribution in [0, 0.1) is 0 Å². The number of fused-ring (bicyclic) bond motifs is 1. The molecule has 102 valence electrons. The molecule has 0 amide bonds. The number of nitrogens with zero attached hydrogens (tertiary/aromatic N) is 2. The topological polar surface area (TPSA) is 25.8 Å². The molecule has 1 aromatic carbocycles. The van der Waals surface area contributed by atoms with Crippen molar-refractivity contribution in [2.75, 3.05) is 0 Å². The van der Waals surface area contributed by atoms with Gasteiger partial charge in [-0.3, -0.25) is 4.98 Å². The fourth-order valence-corrected chi connectivity index (χ4v) is 3.78. The summed E-state index contributed by atoms with van der Waals surface area (Å²) < 4.78 is 0. The summed E-state index contributed by atoms with van der Waals surface area (Å²) in [7, 11) is 0. The first-order chi connectivity index (χ1) is 10.4. The average molecular weight is 290 g/mol. The molecule has 0 radical (unpaired) electrons. The molecule has 1 aliphatic carbocycles. The van der Waals surface area contributed by atoms with E-state index in [2.05, 4.69) is 41.4 Å². The second-order valence-corrected chi connectivity index (χ2v) is 6.13. The molecule has 0 unspecified atom stereocenters. The van der Waals surface area contributed by atoms with Gasteiger partial charge in [0.2, 0.25) is 0 Å². The maximum absolute atomic E-state index is 4.79. The van der Waals surface area contributed by atoms with Crippen LogP contribution in [-0.4, -0.2) is 9.97 Å². The summed E-state index contributed by atoms with van der Waals surface area (Å²) in [5.74, 6) is 0. The molecule has 0 saturated carbocycles. The molecule has 0 atom stereocenters. The van der Waals surface area contributed by atoms with Crippen LogP contribution < -0.4 is 0 Å². The summed E-state index contributed by atoms with van der Waals surface area (Å²) in [6.07, 6.45) is 7.91. The number of allylic oxidation sites excluding steroid dienone is 2. The normalized spacial score (nSPS) is 13.0. The predicted molar refractivity (Wildman–Crippen MR) is 87.2 cm³/mol. The highest BCUT2D eigenvalue weighted by molar-refractivity contribution is 7.16. The van der Waals surface area contributed by atoms with Crippen LogP contribution in [0.1, 0.15) is 16.1 Å². The molecule has 0 N–H and O–H groups in total. The van der Waals surface area contributed by atoms with Crippen molar-refractivity contribution in [3.05, 3.63) is 77.1 Å². The molecule has 0 aliphatic heterocycles. The van der Waals surface area contributed by atoms with Crippen molar-refractivity contribution in [3.8, 4) is 10.6 Å². The Morgan fingerprint density at radius 2 is 1.81 bits per heavy atom. The quantitative estimate of drug-likeness (QED) is 0.715. The van der Waals surface area contributed by atoms with Crippen molar-refractivity contribution in [2.45, 2.75) is 12.8 Å². The SMILES string of the molecule is C1=C(Cc2ccccc2)c2sc(-c3ccncc3)nc2C1. The molecule has 3 aromatic rings. The van der Waals surface area contributed by atoms with E-state index in [1.807, 2.05) is 24.5 Å². The van der Waals surface area contributed by atoms with E-state index >= 15 is 0 Å². The molecule has 0 bridgehead atoms. The molecule has 4 rings (SSSR count). The zero-order valence-electron chi connectivity index (χ0n) is 11.5. The fraction of sp³-hybridized carbons (Fsp3) is 0.111. The van der Waals surface area contributed by atoms with Crippen LogP contribution in [0.2, 0.25) is 0 Å². The Kier molecular flexibility index (Phi) is 3.13. The van der Waals surface area contributed by atoms with E-state index in [1.54, 1.807) is 11.3 Å². The summed E-state index contributed by atoms with van der Waals surface area (Å²) in [6, 6.07) is 14.7. The van der Waals surface area contributed by atoms with Crippen LogP contribution in [0.25, 0.3) is 16.1 Å². The van der Waals surface area contributed by atoms with Crippen molar-refractivity contribution in [1.29, 1.82) is 0 Å².